The molecule has 7 nitrogen and oxygen atoms in total. The highest BCUT2D eigenvalue weighted by Gasteiger charge is 2.31. The summed E-state index contributed by atoms with van der Waals surface area (Å²) in [5.41, 5.74) is 1.55. The average Bonchev–Trinajstić information content (AvgIpc) is 3.02. The first-order valence-corrected chi connectivity index (χ1v) is 6.82. The Balaban J connectivity index is 1.78. The second-order valence-corrected chi connectivity index (χ2v) is 5.28. The molecule has 2 heterocycles. The van der Waals surface area contributed by atoms with E-state index in [1.807, 2.05) is 0 Å². The van der Waals surface area contributed by atoms with Gasteiger partial charge in [-0.05, 0) is 37.1 Å². The number of nitrogens with zero attached hydrogens (tertiary/aromatic N) is 1. The highest BCUT2D eigenvalue weighted by atomic mass is 16.4. The van der Waals surface area contributed by atoms with E-state index < -0.39 is 23.9 Å². The Kier molecular flexibility index (Phi) is 3.52. The number of hydrogen-bond acceptors (Lipinski definition) is 5. The van der Waals surface area contributed by atoms with E-state index in [1.165, 1.54) is 0 Å². The van der Waals surface area contributed by atoms with Crippen LogP contribution >= 0.6 is 0 Å². The number of aliphatic carboxylic acids is 1. The van der Waals surface area contributed by atoms with Gasteiger partial charge in [-0.2, -0.15) is 0 Å². The van der Waals surface area contributed by atoms with Gasteiger partial charge >= 0.3 is 11.7 Å². The number of carbonyl (C=O) groups is 1. The van der Waals surface area contributed by atoms with Gasteiger partial charge in [0.1, 0.15) is 6.04 Å². The molecule has 2 unspecified atom stereocenters. The number of aliphatic hydroxyl groups is 1. The van der Waals surface area contributed by atoms with Crippen molar-refractivity contribution in [2.45, 2.75) is 25.0 Å². The lowest BCUT2D eigenvalue weighted by molar-refractivity contribution is -0.142. The van der Waals surface area contributed by atoms with Crippen molar-refractivity contribution in [3.05, 3.63) is 34.3 Å². The number of rotatable bonds is 4. The van der Waals surface area contributed by atoms with Crippen LogP contribution in [0, 0.1) is 0 Å². The zero-order chi connectivity index (χ0) is 15.0. The Morgan fingerprint density at radius 1 is 1.52 bits per heavy atom. The number of β-amino-alcohol motifs (C(OH)–C–C–N with tert-alkyl or cyclic N) is 1. The maximum atomic E-state index is 11.1. The molecule has 1 aliphatic rings. The molecule has 2 aromatic rings. The zero-order valence-electron chi connectivity index (χ0n) is 11.3. The van der Waals surface area contributed by atoms with Gasteiger partial charge in [-0.1, -0.05) is 6.07 Å². The molecule has 0 saturated carbocycles. The first-order chi connectivity index (χ1) is 10.0. The summed E-state index contributed by atoms with van der Waals surface area (Å²) in [6, 6.07) is 4.43. The molecule has 3 N–H and O–H groups in total. The maximum Gasteiger partial charge on any atom is 0.417 e. The highest BCUT2D eigenvalue weighted by molar-refractivity contribution is 5.74. The maximum absolute atomic E-state index is 11.1. The summed E-state index contributed by atoms with van der Waals surface area (Å²) in [7, 11) is 0. The van der Waals surface area contributed by atoms with Crippen LogP contribution in [0.5, 0.6) is 0 Å². The van der Waals surface area contributed by atoms with Crippen molar-refractivity contribution >= 4 is 17.1 Å². The first-order valence-electron chi connectivity index (χ1n) is 6.82. The van der Waals surface area contributed by atoms with Crippen molar-refractivity contribution in [3.63, 3.8) is 0 Å². The van der Waals surface area contributed by atoms with Crippen molar-refractivity contribution in [2.75, 3.05) is 13.1 Å². The number of aromatic amines is 1. The standard InChI is InChI=1S/C14H16N2O5/c17-11(7-16-5-1-2-10(16)13(18)19)8-3-4-9-12(6-8)21-14(20)15-9/h3-4,6,10-11,17H,1-2,5,7H2,(H,15,20)(H,18,19). The number of carboxylic acid groups (broad SMARTS) is 1. The number of carboxylic acids is 1. The van der Waals surface area contributed by atoms with Crippen LogP contribution in [0.2, 0.25) is 0 Å². The third-order valence-electron chi connectivity index (χ3n) is 3.89. The number of oxazole rings is 1. The van der Waals surface area contributed by atoms with Crippen molar-refractivity contribution in [1.82, 2.24) is 9.88 Å². The third kappa shape index (κ3) is 2.70. The van der Waals surface area contributed by atoms with Crippen molar-refractivity contribution in [2.24, 2.45) is 0 Å². The van der Waals surface area contributed by atoms with Crippen LogP contribution in [-0.4, -0.2) is 45.2 Å². The van der Waals surface area contributed by atoms with Gasteiger partial charge in [-0.15, -0.1) is 0 Å². The molecule has 0 bridgehead atoms. The number of aliphatic hydroxyl groups excluding tert-OH is 1. The second-order valence-electron chi connectivity index (χ2n) is 5.28. The zero-order valence-corrected chi connectivity index (χ0v) is 11.3. The number of fused-ring (bicyclic) bond motifs is 1. The SMILES string of the molecule is O=C(O)C1CCCN1CC(O)c1ccc2[nH]c(=O)oc2c1. The van der Waals surface area contributed by atoms with Gasteiger partial charge in [-0.3, -0.25) is 14.7 Å². The van der Waals surface area contributed by atoms with E-state index in [0.29, 0.717) is 29.6 Å². The first kappa shape index (κ1) is 13.8. The van der Waals surface area contributed by atoms with Crippen molar-refractivity contribution < 1.29 is 19.4 Å². The molecule has 1 aromatic heterocycles. The largest absolute Gasteiger partial charge is 0.480 e. The summed E-state index contributed by atoms with van der Waals surface area (Å²) >= 11 is 0. The van der Waals surface area contributed by atoms with E-state index in [9.17, 15) is 14.7 Å². The number of hydrogen-bond donors (Lipinski definition) is 3. The predicted molar refractivity (Wildman–Crippen MR) is 74.0 cm³/mol. The molecule has 1 saturated heterocycles. The molecule has 0 amide bonds. The van der Waals surface area contributed by atoms with E-state index in [1.54, 1.807) is 23.1 Å². The quantitative estimate of drug-likeness (QED) is 0.766. The highest BCUT2D eigenvalue weighted by Crippen LogP contribution is 2.24. The van der Waals surface area contributed by atoms with Crippen LogP contribution in [0.4, 0.5) is 0 Å². The average molecular weight is 292 g/mol. The van der Waals surface area contributed by atoms with Crippen LogP contribution in [-0.2, 0) is 4.79 Å². The molecule has 0 radical (unpaired) electrons. The van der Waals surface area contributed by atoms with E-state index in [-0.39, 0.29) is 6.54 Å². The number of benzene rings is 1. The number of nitrogens with one attached hydrogen (secondary N) is 1. The van der Waals surface area contributed by atoms with Crippen LogP contribution in [0.25, 0.3) is 11.1 Å². The lowest BCUT2D eigenvalue weighted by atomic mass is 10.1. The van der Waals surface area contributed by atoms with Crippen molar-refractivity contribution in [3.8, 4) is 0 Å². The molecule has 112 valence electrons. The summed E-state index contributed by atoms with van der Waals surface area (Å²) in [6.45, 7) is 0.909. The lowest BCUT2D eigenvalue weighted by Crippen LogP contribution is -2.38. The molecule has 3 rings (SSSR count). The van der Waals surface area contributed by atoms with E-state index in [0.717, 1.165) is 6.42 Å². The van der Waals surface area contributed by atoms with Crippen molar-refractivity contribution in [1.29, 1.82) is 0 Å². The minimum Gasteiger partial charge on any atom is -0.480 e. The van der Waals surface area contributed by atoms with Gasteiger partial charge in [0.2, 0.25) is 0 Å². The molecule has 0 spiro atoms. The minimum atomic E-state index is -0.855. The molecule has 7 heteroatoms. The summed E-state index contributed by atoms with van der Waals surface area (Å²) in [5.74, 6) is -1.39. The van der Waals surface area contributed by atoms with Gasteiger partial charge in [0.15, 0.2) is 5.58 Å². The van der Waals surface area contributed by atoms with Crippen LogP contribution in [0.1, 0.15) is 24.5 Å². The lowest BCUT2D eigenvalue weighted by Gasteiger charge is -2.24. The van der Waals surface area contributed by atoms with Gasteiger partial charge in [0.05, 0.1) is 11.6 Å². The van der Waals surface area contributed by atoms with Gasteiger partial charge < -0.3 is 14.6 Å². The fourth-order valence-electron chi connectivity index (χ4n) is 2.82. The van der Waals surface area contributed by atoms with Gasteiger partial charge in [-0.25, -0.2) is 4.79 Å². The molecule has 0 aliphatic carbocycles. The molecule has 2 atom stereocenters. The Morgan fingerprint density at radius 3 is 3.10 bits per heavy atom. The predicted octanol–water partition coefficient (Wildman–Crippen LogP) is 0.704. The Morgan fingerprint density at radius 2 is 2.33 bits per heavy atom. The molecule has 21 heavy (non-hydrogen) atoms. The fourth-order valence-corrected chi connectivity index (χ4v) is 2.82. The smallest absolute Gasteiger partial charge is 0.417 e. The summed E-state index contributed by atoms with van der Waals surface area (Å²) in [6.07, 6.45) is 0.595. The monoisotopic (exact) mass is 292 g/mol. The summed E-state index contributed by atoms with van der Waals surface area (Å²) < 4.78 is 4.96. The van der Waals surface area contributed by atoms with E-state index in [4.69, 9.17) is 9.52 Å². The molecule has 1 aromatic carbocycles. The summed E-state index contributed by atoms with van der Waals surface area (Å²) in [4.78, 5) is 26.5. The normalized spacial score (nSPS) is 20.9. The minimum absolute atomic E-state index is 0.247. The molecular formula is C14H16N2O5. The Hall–Kier alpha value is -2.12. The van der Waals surface area contributed by atoms with Crippen LogP contribution in [0.3, 0.4) is 0 Å². The third-order valence-corrected chi connectivity index (χ3v) is 3.89. The number of likely N-dealkylation sites (tertiary alicyclic amines) is 1. The number of aromatic nitrogens is 1. The number of H-pyrrole nitrogens is 1. The Labute approximate surface area is 119 Å². The molecule has 1 fully saturated rings. The van der Waals surface area contributed by atoms with E-state index >= 15 is 0 Å². The Bertz CT molecular complexity index is 719. The van der Waals surface area contributed by atoms with Gasteiger partial charge in [0.25, 0.3) is 0 Å². The second kappa shape index (κ2) is 5.34. The molecule has 1 aliphatic heterocycles. The van der Waals surface area contributed by atoms with E-state index in [2.05, 4.69) is 4.98 Å². The fraction of sp³-hybridized carbons (Fsp3) is 0.429. The van der Waals surface area contributed by atoms with Gasteiger partial charge in [0, 0.05) is 6.54 Å². The topological polar surface area (TPSA) is 107 Å². The van der Waals surface area contributed by atoms with Crippen LogP contribution < -0.4 is 5.76 Å². The summed E-state index contributed by atoms with van der Waals surface area (Å²) in [5, 5.41) is 19.4. The van der Waals surface area contributed by atoms with Crippen LogP contribution in [0.15, 0.2) is 27.4 Å². The molecular weight excluding hydrogens is 276 g/mol.